The standard InChI is InChI=1S/C21H24N4O8/c1-2-22-20(28)23-14-8-9-25(21(29)24-14)18-17-16(13(31-18)10-30-11-15(26)27)32-19(33-17)12-6-4-3-5-7-12/h3-9,13,16-19H,2,10-11H2,1H3,(H,26,27)(H2,22,23,24,28,29)/t13-,16?,17?,18-,19+/m1/s1. The van der Waals surface area contributed by atoms with Gasteiger partial charge in [0.1, 0.15) is 30.7 Å². The molecule has 1 aromatic carbocycles. The van der Waals surface area contributed by atoms with Crippen LogP contribution in [-0.2, 0) is 23.7 Å². The lowest BCUT2D eigenvalue weighted by molar-refractivity contribution is -0.162. The van der Waals surface area contributed by atoms with E-state index in [1.807, 2.05) is 30.3 Å². The predicted octanol–water partition coefficient (Wildman–Crippen LogP) is 0.866. The fourth-order valence-corrected chi connectivity index (χ4v) is 3.72. The summed E-state index contributed by atoms with van der Waals surface area (Å²) in [6.07, 6.45) is -2.08. The SMILES string of the molecule is CCNC(=O)Nc1ccn([C@@H]2O[C@H](COCC(=O)O)C3O[C@H](c4ccccc4)OC32)c(=O)n1. The molecule has 0 saturated carbocycles. The number of carbonyl (C=O) groups excluding carboxylic acids is 1. The summed E-state index contributed by atoms with van der Waals surface area (Å²) in [6.45, 7) is 1.63. The molecule has 5 atom stereocenters. The largest absolute Gasteiger partial charge is 0.480 e. The fraction of sp³-hybridized carbons (Fsp3) is 0.429. The molecule has 2 aromatic rings. The first-order chi connectivity index (χ1) is 16.0. The maximum absolute atomic E-state index is 12.7. The van der Waals surface area contributed by atoms with E-state index in [1.54, 1.807) is 6.92 Å². The minimum absolute atomic E-state index is 0.0617. The average molecular weight is 460 g/mol. The number of ether oxygens (including phenoxy) is 4. The van der Waals surface area contributed by atoms with Gasteiger partial charge in [-0.25, -0.2) is 14.4 Å². The third kappa shape index (κ3) is 5.20. The molecule has 0 bridgehead atoms. The number of anilines is 1. The molecule has 3 N–H and O–H groups in total. The molecule has 3 heterocycles. The molecule has 0 radical (unpaired) electrons. The van der Waals surface area contributed by atoms with E-state index >= 15 is 0 Å². The molecule has 2 aliphatic rings. The summed E-state index contributed by atoms with van der Waals surface area (Å²) in [5.41, 5.74) is 0.134. The van der Waals surface area contributed by atoms with E-state index in [0.29, 0.717) is 6.54 Å². The van der Waals surface area contributed by atoms with Crippen molar-refractivity contribution in [3.05, 3.63) is 58.6 Å². The van der Waals surface area contributed by atoms with Crippen molar-refractivity contribution in [3.8, 4) is 0 Å². The normalized spacial score (nSPS) is 26.0. The third-order valence-corrected chi connectivity index (χ3v) is 5.11. The number of aliphatic carboxylic acids is 1. The molecule has 2 amide bonds. The maximum Gasteiger partial charge on any atom is 0.351 e. The minimum Gasteiger partial charge on any atom is -0.480 e. The third-order valence-electron chi connectivity index (χ3n) is 5.11. The van der Waals surface area contributed by atoms with E-state index in [4.69, 9.17) is 24.1 Å². The van der Waals surface area contributed by atoms with Crippen molar-refractivity contribution >= 4 is 17.8 Å². The predicted molar refractivity (Wildman–Crippen MR) is 112 cm³/mol. The maximum atomic E-state index is 12.7. The number of hydrogen-bond donors (Lipinski definition) is 3. The number of carbonyl (C=O) groups is 2. The van der Waals surface area contributed by atoms with Crippen LogP contribution in [0.15, 0.2) is 47.4 Å². The lowest BCUT2D eigenvalue weighted by Gasteiger charge is -2.21. The number of amides is 2. The van der Waals surface area contributed by atoms with Crippen LogP contribution >= 0.6 is 0 Å². The van der Waals surface area contributed by atoms with Crippen molar-refractivity contribution in [1.82, 2.24) is 14.9 Å². The molecule has 2 unspecified atom stereocenters. The van der Waals surface area contributed by atoms with E-state index in [2.05, 4.69) is 15.6 Å². The molecule has 12 heteroatoms. The minimum atomic E-state index is -1.11. The Morgan fingerprint density at radius 3 is 2.61 bits per heavy atom. The van der Waals surface area contributed by atoms with Crippen molar-refractivity contribution in [3.63, 3.8) is 0 Å². The Morgan fingerprint density at radius 1 is 1.15 bits per heavy atom. The summed E-state index contributed by atoms with van der Waals surface area (Å²) in [7, 11) is 0. The van der Waals surface area contributed by atoms with Gasteiger partial charge < -0.3 is 29.4 Å². The Morgan fingerprint density at radius 2 is 1.91 bits per heavy atom. The number of nitrogens with zero attached hydrogens (tertiary/aromatic N) is 2. The van der Waals surface area contributed by atoms with Gasteiger partial charge in [0.2, 0.25) is 0 Å². The van der Waals surface area contributed by atoms with Crippen LogP contribution < -0.4 is 16.3 Å². The zero-order valence-corrected chi connectivity index (χ0v) is 17.7. The monoisotopic (exact) mass is 460 g/mol. The first-order valence-electron chi connectivity index (χ1n) is 10.4. The molecule has 12 nitrogen and oxygen atoms in total. The van der Waals surface area contributed by atoms with Crippen LogP contribution in [0.2, 0.25) is 0 Å². The second-order valence-electron chi connectivity index (χ2n) is 7.41. The van der Waals surface area contributed by atoms with Gasteiger partial charge in [0.15, 0.2) is 12.5 Å². The molecule has 33 heavy (non-hydrogen) atoms. The van der Waals surface area contributed by atoms with E-state index < -0.39 is 55.1 Å². The highest BCUT2D eigenvalue weighted by atomic mass is 16.8. The Hall–Kier alpha value is -3.32. The summed E-state index contributed by atoms with van der Waals surface area (Å²) < 4.78 is 24.6. The van der Waals surface area contributed by atoms with Gasteiger partial charge in [-0.05, 0) is 13.0 Å². The van der Waals surface area contributed by atoms with Crippen LogP contribution in [0.4, 0.5) is 10.6 Å². The van der Waals surface area contributed by atoms with Gasteiger partial charge in [-0.15, -0.1) is 0 Å². The first-order valence-corrected chi connectivity index (χ1v) is 10.4. The highest BCUT2D eigenvalue weighted by molar-refractivity contribution is 5.87. The smallest absolute Gasteiger partial charge is 0.351 e. The fourth-order valence-electron chi connectivity index (χ4n) is 3.72. The van der Waals surface area contributed by atoms with Crippen LogP contribution in [0.25, 0.3) is 0 Å². The highest BCUT2D eigenvalue weighted by Crippen LogP contribution is 2.43. The molecule has 176 valence electrons. The van der Waals surface area contributed by atoms with Gasteiger partial charge in [-0.3, -0.25) is 9.88 Å². The Balaban J connectivity index is 1.55. The Labute approximate surface area is 188 Å². The van der Waals surface area contributed by atoms with Gasteiger partial charge in [0, 0.05) is 18.3 Å². The van der Waals surface area contributed by atoms with Gasteiger partial charge in [0.05, 0.1) is 6.61 Å². The number of hydrogen-bond acceptors (Lipinski definition) is 8. The zero-order valence-electron chi connectivity index (χ0n) is 17.7. The van der Waals surface area contributed by atoms with Crippen molar-refractivity contribution < 1.29 is 33.6 Å². The van der Waals surface area contributed by atoms with Gasteiger partial charge in [-0.2, -0.15) is 4.98 Å². The lowest BCUT2D eigenvalue weighted by Crippen LogP contribution is -2.35. The van der Waals surface area contributed by atoms with Gasteiger partial charge in [0.25, 0.3) is 0 Å². The topological polar surface area (TPSA) is 150 Å². The Kier molecular flexibility index (Phi) is 6.99. The number of nitrogens with one attached hydrogen (secondary N) is 2. The number of benzene rings is 1. The summed E-state index contributed by atoms with van der Waals surface area (Å²) >= 11 is 0. The molecular formula is C21H24N4O8. The zero-order chi connectivity index (χ0) is 23.4. The van der Waals surface area contributed by atoms with E-state index in [1.165, 1.54) is 16.8 Å². The van der Waals surface area contributed by atoms with Crippen LogP contribution in [0.3, 0.4) is 0 Å². The molecule has 0 spiro atoms. The number of carboxylic acid groups (broad SMARTS) is 1. The van der Waals surface area contributed by atoms with Crippen molar-refractivity contribution in [2.24, 2.45) is 0 Å². The van der Waals surface area contributed by atoms with E-state index in [0.717, 1.165) is 5.56 Å². The summed E-state index contributed by atoms with van der Waals surface area (Å²) in [4.78, 5) is 39.1. The number of fused-ring (bicyclic) bond motifs is 1. The van der Waals surface area contributed by atoms with Crippen LogP contribution in [-0.4, -0.2) is 64.7 Å². The van der Waals surface area contributed by atoms with Crippen molar-refractivity contribution in [1.29, 1.82) is 0 Å². The van der Waals surface area contributed by atoms with E-state index in [-0.39, 0.29) is 12.4 Å². The summed E-state index contributed by atoms with van der Waals surface area (Å²) in [5, 5.41) is 13.9. The van der Waals surface area contributed by atoms with Crippen LogP contribution in [0, 0.1) is 0 Å². The molecule has 2 saturated heterocycles. The highest BCUT2D eigenvalue weighted by Gasteiger charge is 2.54. The molecule has 2 aliphatic heterocycles. The summed E-state index contributed by atoms with van der Waals surface area (Å²) in [6, 6.07) is 10.3. The summed E-state index contributed by atoms with van der Waals surface area (Å²) in [5.74, 6) is -1.02. The quantitative estimate of drug-likeness (QED) is 0.521. The number of carboxylic acids is 1. The Bertz CT molecular complexity index is 1050. The number of aromatic nitrogens is 2. The molecule has 4 rings (SSSR count). The lowest BCUT2D eigenvalue weighted by atomic mass is 10.1. The van der Waals surface area contributed by atoms with Crippen LogP contribution in [0.5, 0.6) is 0 Å². The number of urea groups is 1. The van der Waals surface area contributed by atoms with E-state index in [9.17, 15) is 14.4 Å². The van der Waals surface area contributed by atoms with Crippen LogP contribution in [0.1, 0.15) is 25.0 Å². The van der Waals surface area contributed by atoms with Crippen molar-refractivity contribution in [2.45, 2.75) is 37.8 Å². The first kappa shape index (κ1) is 22.9. The second-order valence-corrected chi connectivity index (χ2v) is 7.41. The molecular weight excluding hydrogens is 436 g/mol. The van der Waals surface area contributed by atoms with Gasteiger partial charge in [-0.1, -0.05) is 30.3 Å². The molecule has 2 fully saturated rings. The molecule has 1 aromatic heterocycles. The van der Waals surface area contributed by atoms with Gasteiger partial charge >= 0.3 is 17.7 Å². The average Bonchev–Trinajstić information content (AvgIpc) is 3.35. The van der Waals surface area contributed by atoms with Crippen molar-refractivity contribution in [2.75, 3.05) is 25.1 Å². The second kappa shape index (κ2) is 10.1. The molecule has 0 aliphatic carbocycles. The number of rotatable bonds is 8.